The average molecular weight is 433 g/mol. The highest BCUT2D eigenvalue weighted by atomic mass is 16.6. The van der Waals surface area contributed by atoms with E-state index in [1.165, 1.54) is 0 Å². The van der Waals surface area contributed by atoms with Gasteiger partial charge in [-0.05, 0) is 84.8 Å². The summed E-state index contributed by atoms with van der Waals surface area (Å²) in [5, 5.41) is 3.54. The van der Waals surface area contributed by atoms with E-state index in [1.54, 1.807) is 26.8 Å². The molecule has 0 spiro atoms. The smallest absolute Gasteiger partial charge is 0.408 e. The maximum atomic E-state index is 13.0. The van der Waals surface area contributed by atoms with Gasteiger partial charge in [-0.25, -0.2) is 9.59 Å². The van der Waals surface area contributed by atoms with Crippen molar-refractivity contribution in [3.63, 3.8) is 0 Å². The van der Waals surface area contributed by atoms with E-state index in [9.17, 15) is 9.59 Å². The van der Waals surface area contributed by atoms with Crippen LogP contribution in [0.4, 0.5) is 4.79 Å². The number of rotatable bonds is 10. The first-order valence-electron chi connectivity index (χ1n) is 10.8. The largest absolute Gasteiger partial charge is 0.444 e. The number of likely N-dealkylation sites (N-methyl/N-ethyl adjacent to an activating group) is 1. The molecule has 1 aromatic heterocycles. The second kappa shape index (κ2) is 11.2. The zero-order valence-electron chi connectivity index (χ0n) is 19.3. The van der Waals surface area contributed by atoms with E-state index in [4.69, 9.17) is 15.2 Å². The first-order chi connectivity index (χ1) is 14.6. The summed E-state index contributed by atoms with van der Waals surface area (Å²) < 4.78 is 11.1. The van der Waals surface area contributed by atoms with Crippen molar-refractivity contribution in [3.8, 4) is 5.75 Å². The van der Waals surface area contributed by atoms with Gasteiger partial charge in [0.1, 0.15) is 17.4 Å². The topological polar surface area (TPSA) is 110 Å². The Morgan fingerprint density at radius 2 is 1.97 bits per heavy atom. The van der Waals surface area contributed by atoms with Crippen molar-refractivity contribution in [2.45, 2.75) is 58.1 Å². The number of fused-ring (bicyclic) bond motifs is 1. The van der Waals surface area contributed by atoms with E-state index in [0.29, 0.717) is 25.1 Å². The van der Waals surface area contributed by atoms with Gasteiger partial charge in [-0.3, -0.25) is 0 Å². The van der Waals surface area contributed by atoms with Crippen LogP contribution in [0.25, 0.3) is 10.9 Å². The molecule has 0 radical (unpaired) electrons. The predicted molar refractivity (Wildman–Crippen MR) is 122 cm³/mol. The van der Waals surface area contributed by atoms with Gasteiger partial charge in [-0.2, -0.15) is 0 Å². The summed E-state index contributed by atoms with van der Waals surface area (Å²) in [5.41, 5.74) is 6.90. The summed E-state index contributed by atoms with van der Waals surface area (Å²) in [6.07, 6.45) is 3.98. The summed E-state index contributed by atoms with van der Waals surface area (Å²) in [5.74, 6) is -0.0394. The molecule has 0 aliphatic heterocycles. The number of aromatic amines is 1. The Hall–Kier alpha value is -2.58. The van der Waals surface area contributed by atoms with Gasteiger partial charge in [-0.15, -0.1) is 0 Å². The number of nitrogens with one attached hydrogen (secondary N) is 2. The Balaban J connectivity index is 2.20. The molecular weight excluding hydrogens is 396 g/mol. The normalized spacial score (nSPS) is 12.7. The highest BCUT2D eigenvalue weighted by Gasteiger charge is 2.26. The van der Waals surface area contributed by atoms with E-state index < -0.39 is 23.7 Å². The molecule has 2 rings (SSSR count). The molecule has 172 valence electrons. The zero-order valence-corrected chi connectivity index (χ0v) is 19.3. The van der Waals surface area contributed by atoms with Crippen molar-refractivity contribution in [2.24, 2.45) is 5.73 Å². The molecule has 1 atom stereocenters. The quantitative estimate of drug-likeness (QED) is 0.302. The number of alkyl carbamates (subject to hydrolysis) is 1. The molecule has 1 aromatic carbocycles. The number of amides is 1. The van der Waals surface area contributed by atoms with Crippen molar-refractivity contribution in [3.05, 3.63) is 30.0 Å². The minimum absolute atomic E-state index is 0.422. The monoisotopic (exact) mass is 432 g/mol. The Morgan fingerprint density at radius 3 is 2.61 bits per heavy atom. The molecule has 1 heterocycles. The molecule has 8 nitrogen and oxygen atoms in total. The van der Waals surface area contributed by atoms with Gasteiger partial charge in [0.25, 0.3) is 0 Å². The van der Waals surface area contributed by atoms with Crippen molar-refractivity contribution in [1.82, 2.24) is 15.2 Å². The van der Waals surface area contributed by atoms with Crippen LogP contribution in [-0.2, 0) is 16.0 Å². The molecule has 0 saturated carbocycles. The fourth-order valence-electron chi connectivity index (χ4n) is 3.22. The van der Waals surface area contributed by atoms with Crippen LogP contribution in [0.3, 0.4) is 0 Å². The third kappa shape index (κ3) is 7.88. The van der Waals surface area contributed by atoms with Gasteiger partial charge >= 0.3 is 12.1 Å². The van der Waals surface area contributed by atoms with Crippen LogP contribution in [0, 0.1) is 0 Å². The minimum Gasteiger partial charge on any atom is -0.444 e. The highest BCUT2D eigenvalue weighted by molar-refractivity contribution is 5.92. The molecule has 2 aromatic rings. The van der Waals surface area contributed by atoms with Crippen LogP contribution in [0.5, 0.6) is 5.75 Å². The molecular formula is C23H36N4O4. The number of esters is 1. The number of H-pyrrole nitrogens is 1. The summed E-state index contributed by atoms with van der Waals surface area (Å²) in [7, 11) is 4.04. The molecule has 0 bridgehead atoms. The minimum atomic E-state index is -0.819. The van der Waals surface area contributed by atoms with Crippen molar-refractivity contribution in [1.29, 1.82) is 0 Å². The van der Waals surface area contributed by atoms with Gasteiger partial charge in [0.15, 0.2) is 0 Å². The van der Waals surface area contributed by atoms with Gasteiger partial charge < -0.3 is 30.4 Å². The van der Waals surface area contributed by atoms with Gasteiger partial charge in [0.05, 0.1) is 0 Å². The summed E-state index contributed by atoms with van der Waals surface area (Å²) in [6, 6.07) is 4.74. The number of nitrogens with zero attached hydrogens (tertiary/aromatic N) is 1. The molecule has 4 N–H and O–H groups in total. The molecule has 8 heteroatoms. The predicted octanol–water partition coefficient (Wildman–Crippen LogP) is 3.20. The molecule has 0 fully saturated rings. The first kappa shape index (κ1) is 24.7. The molecule has 1 amide bonds. The Labute approximate surface area is 184 Å². The number of hydrogen-bond acceptors (Lipinski definition) is 6. The van der Waals surface area contributed by atoms with Gasteiger partial charge in [0.2, 0.25) is 0 Å². The van der Waals surface area contributed by atoms with E-state index in [-0.39, 0.29) is 0 Å². The lowest BCUT2D eigenvalue weighted by Gasteiger charge is -2.23. The third-order valence-electron chi connectivity index (χ3n) is 4.71. The van der Waals surface area contributed by atoms with Crippen molar-refractivity contribution in [2.75, 3.05) is 27.2 Å². The van der Waals surface area contributed by atoms with Crippen LogP contribution in [-0.4, -0.2) is 60.8 Å². The number of nitrogens with two attached hydrogens (primary N) is 1. The van der Waals surface area contributed by atoms with Gasteiger partial charge in [0, 0.05) is 23.6 Å². The number of carbonyl (C=O) groups is 2. The van der Waals surface area contributed by atoms with E-state index >= 15 is 0 Å². The molecule has 0 aliphatic carbocycles. The van der Waals surface area contributed by atoms with Crippen LogP contribution in [0.15, 0.2) is 24.4 Å². The second-order valence-electron chi connectivity index (χ2n) is 8.95. The van der Waals surface area contributed by atoms with Gasteiger partial charge in [-0.1, -0.05) is 6.07 Å². The summed E-state index contributed by atoms with van der Waals surface area (Å²) in [6.45, 7) is 6.71. The number of benzene rings is 1. The summed E-state index contributed by atoms with van der Waals surface area (Å²) in [4.78, 5) is 30.6. The van der Waals surface area contributed by atoms with Crippen LogP contribution in [0.1, 0.15) is 45.6 Å². The zero-order chi connectivity index (χ0) is 23.0. The first-order valence-corrected chi connectivity index (χ1v) is 10.8. The maximum Gasteiger partial charge on any atom is 0.408 e. The lowest BCUT2D eigenvalue weighted by molar-refractivity contribution is -0.136. The summed E-state index contributed by atoms with van der Waals surface area (Å²) >= 11 is 0. The average Bonchev–Trinajstić information content (AvgIpc) is 3.08. The van der Waals surface area contributed by atoms with E-state index in [1.807, 2.05) is 32.4 Å². The van der Waals surface area contributed by atoms with Crippen molar-refractivity contribution < 1.29 is 19.1 Å². The number of carbonyl (C=O) groups excluding carboxylic acids is 2. The molecule has 0 aliphatic rings. The van der Waals surface area contributed by atoms with Crippen LogP contribution < -0.4 is 15.8 Å². The number of hydrogen-bond donors (Lipinski definition) is 3. The third-order valence-corrected chi connectivity index (χ3v) is 4.71. The van der Waals surface area contributed by atoms with E-state index in [2.05, 4.69) is 15.2 Å². The van der Waals surface area contributed by atoms with E-state index in [0.717, 1.165) is 35.9 Å². The fraction of sp³-hybridized carbons (Fsp3) is 0.565. The lowest BCUT2D eigenvalue weighted by Crippen LogP contribution is -2.45. The standard InChI is InChI=1S/C23H36N4O4/c1-23(2,3)31-22(29)26-18(9-6-7-13-24)21(28)30-19-11-8-10-17-20(19)16(15-25-17)12-14-27(4)5/h8,10-11,15,18,25H,6-7,9,12-14,24H2,1-5H3,(H,26,29)/t18-/m0/s1. The molecule has 31 heavy (non-hydrogen) atoms. The number of unbranched alkanes of at least 4 members (excludes halogenated alkanes) is 1. The SMILES string of the molecule is CN(C)CCc1c[nH]c2cccc(OC(=O)[C@H](CCCCN)NC(=O)OC(C)(C)C)c12. The Bertz CT molecular complexity index is 870. The van der Waals surface area contributed by atoms with Crippen molar-refractivity contribution >= 4 is 23.0 Å². The van der Waals surface area contributed by atoms with Crippen LogP contribution >= 0.6 is 0 Å². The molecule has 0 saturated heterocycles. The lowest BCUT2D eigenvalue weighted by atomic mass is 10.1. The second-order valence-corrected chi connectivity index (χ2v) is 8.95. The maximum absolute atomic E-state index is 13.0. The highest BCUT2D eigenvalue weighted by Crippen LogP contribution is 2.29. The molecule has 0 unspecified atom stereocenters. The Kier molecular flexibility index (Phi) is 8.88. The van der Waals surface area contributed by atoms with Crippen LogP contribution in [0.2, 0.25) is 0 Å². The Morgan fingerprint density at radius 1 is 1.23 bits per heavy atom. The number of aromatic nitrogens is 1. The fourth-order valence-corrected chi connectivity index (χ4v) is 3.22. The number of ether oxygens (including phenoxy) is 2.